The summed E-state index contributed by atoms with van der Waals surface area (Å²) in [7, 11) is 0. The topological polar surface area (TPSA) is 29.9 Å². The lowest BCUT2D eigenvalue weighted by molar-refractivity contribution is -0.639. The van der Waals surface area contributed by atoms with Gasteiger partial charge >= 0.3 is 0 Å². The van der Waals surface area contributed by atoms with E-state index in [2.05, 4.69) is 0 Å². The minimum atomic E-state index is 1.23. The SMILES string of the molecule is Cc1cc[n+](N)cc1. The molecule has 0 saturated carbocycles. The fraction of sp³-hybridized carbons (Fsp3) is 0.167. The van der Waals surface area contributed by atoms with Gasteiger partial charge < -0.3 is 0 Å². The Bertz CT molecular complexity index is 145. The zero-order chi connectivity index (χ0) is 5.98. The van der Waals surface area contributed by atoms with E-state index in [0.29, 0.717) is 0 Å². The highest BCUT2D eigenvalue weighted by atomic mass is 15.3. The number of nitrogen functional groups attached to an aromatic ring is 1. The second kappa shape index (κ2) is 1.82. The summed E-state index contributed by atoms with van der Waals surface area (Å²) in [5, 5.41) is 0. The van der Waals surface area contributed by atoms with E-state index in [1.165, 1.54) is 10.2 Å². The standard InChI is InChI=1S/C6H9N2/c1-6-2-4-8(7)5-3-6/h2-5H,7H2,1H3/q+1. The van der Waals surface area contributed by atoms with Crippen LogP contribution in [0.5, 0.6) is 0 Å². The zero-order valence-corrected chi connectivity index (χ0v) is 4.83. The number of hydrogen-bond acceptors (Lipinski definition) is 1. The molecule has 0 saturated heterocycles. The minimum absolute atomic E-state index is 1.23. The minimum Gasteiger partial charge on any atom is -0.205 e. The van der Waals surface area contributed by atoms with Gasteiger partial charge in [0.15, 0.2) is 12.4 Å². The van der Waals surface area contributed by atoms with Crippen LogP contribution in [0.4, 0.5) is 0 Å². The maximum Gasteiger partial charge on any atom is 0.199 e. The number of rotatable bonds is 0. The van der Waals surface area contributed by atoms with Crippen molar-refractivity contribution in [3.63, 3.8) is 0 Å². The van der Waals surface area contributed by atoms with Crippen molar-refractivity contribution >= 4 is 0 Å². The molecule has 1 aromatic heterocycles. The Hall–Kier alpha value is -1.05. The first kappa shape index (κ1) is 5.09. The van der Waals surface area contributed by atoms with E-state index in [1.54, 1.807) is 0 Å². The van der Waals surface area contributed by atoms with Crippen LogP contribution in [0.2, 0.25) is 0 Å². The first-order valence-corrected chi connectivity index (χ1v) is 2.52. The lowest BCUT2D eigenvalue weighted by atomic mass is 10.3. The zero-order valence-electron chi connectivity index (χ0n) is 4.83. The average molecular weight is 109 g/mol. The molecule has 0 radical (unpaired) electrons. The molecule has 1 aromatic rings. The molecule has 0 aliphatic heterocycles. The van der Waals surface area contributed by atoms with E-state index in [-0.39, 0.29) is 0 Å². The highest BCUT2D eigenvalue weighted by Gasteiger charge is 1.87. The molecule has 2 N–H and O–H groups in total. The third-order valence-corrected chi connectivity index (χ3v) is 1.02. The van der Waals surface area contributed by atoms with Crippen LogP contribution in [-0.4, -0.2) is 0 Å². The van der Waals surface area contributed by atoms with Crippen molar-refractivity contribution in [2.45, 2.75) is 6.92 Å². The summed E-state index contributed by atoms with van der Waals surface area (Å²) in [6.07, 6.45) is 3.63. The van der Waals surface area contributed by atoms with E-state index in [9.17, 15) is 0 Å². The Morgan fingerprint density at radius 2 is 1.88 bits per heavy atom. The molecule has 0 atom stereocenters. The van der Waals surface area contributed by atoms with Crippen LogP contribution < -0.4 is 10.5 Å². The van der Waals surface area contributed by atoms with Crippen LogP contribution in [-0.2, 0) is 0 Å². The maximum atomic E-state index is 5.34. The van der Waals surface area contributed by atoms with Gasteiger partial charge in [-0.1, -0.05) is 4.68 Å². The van der Waals surface area contributed by atoms with Crippen molar-refractivity contribution in [3.05, 3.63) is 30.1 Å². The summed E-state index contributed by atoms with van der Waals surface area (Å²) in [6.45, 7) is 2.03. The molecule has 42 valence electrons. The molecule has 1 rings (SSSR count). The number of aromatic nitrogens is 1. The molecule has 0 aromatic carbocycles. The van der Waals surface area contributed by atoms with Crippen LogP contribution in [0.25, 0.3) is 0 Å². The molecule has 0 unspecified atom stereocenters. The maximum absolute atomic E-state index is 5.34. The first-order chi connectivity index (χ1) is 3.79. The predicted molar refractivity (Wildman–Crippen MR) is 31.5 cm³/mol. The van der Waals surface area contributed by atoms with Crippen LogP contribution in [0.3, 0.4) is 0 Å². The fourth-order valence-corrected chi connectivity index (χ4v) is 0.513. The number of hydrogen-bond donors (Lipinski definition) is 1. The summed E-state index contributed by atoms with van der Waals surface area (Å²) >= 11 is 0. The summed E-state index contributed by atoms with van der Waals surface area (Å²) in [5.41, 5.74) is 1.23. The molecule has 0 aliphatic carbocycles. The second-order valence-electron chi connectivity index (χ2n) is 1.82. The second-order valence-corrected chi connectivity index (χ2v) is 1.82. The fourth-order valence-electron chi connectivity index (χ4n) is 0.513. The molecule has 0 aliphatic rings. The molecule has 0 bridgehead atoms. The van der Waals surface area contributed by atoms with E-state index < -0.39 is 0 Å². The van der Waals surface area contributed by atoms with Crippen LogP contribution in [0.1, 0.15) is 5.56 Å². The number of nitrogens with two attached hydrogens (primary N) is 1. The Morgan fingerprint density at radius 3 is 2.25 bits per heavy atom. The van der Waals surface area contributed by atoms with Crippen LogP contribution >= 0.6 is 0 Å². The Balaban J connectivity index is 3.03. The van der Waals surface area contributed by atoms with E-state index in [1.807, 2.05) is 31.5 Å². The predicted octanol–water partition coefficient (Wildman–Crippen LogP) is -0.00368. The van der Waals surface area contributed by atoms with E-state index in [0.717, 1.165) is 0 Å². The van der Waals surface area contributed by atoms with Gasteiger partial charge in [0.05, 0.1) is 0 Å². The molecule has 8 heavy (non-hydrogen) atoms. The lowest BCUT2D eigenvalue weighted by Gasteiger charge is -1.84. The van der Waals surface area contributed by atoms with Crippen molar-refractivity contribution < 1.29 is 4.68 Å². The normalized spacial score (nSPS) is 9.12. The van der Waals surface area contributed by atoms with E-state index in [4.69, 9.17) is 5.84 Å². The molecular formula is C6H9N2+. The Labute approximate surface area is 48.5 Å². The lowest BCUT2D eigenvalue weighted by Crippen LogP contribution is -2.43. The Kier molecular flexibility index (Phi) is 1.16. The summed E-state index contributed by atoms with van der Waals surface area (Å²) < 4.78 is 1.52. The van der Waals surface area contributed by atoms with Crippen molar-refractivity contribution in [2.24, 2.45) is 0 Å². The van der Waals surface area contributed by atoms with Gasteiger partial charge in [-0.2, -0.15) is 0 Å². The van der Waals surface area contributed by atoms with Gasteiger partial charge in [0.2, 0.25) is 0 Å². The number of pyridine rings is 1. The highest BCUT2D eigenvalue weighted by Crippen LogP contribution is 1.87. The smallest absolute Gasteiger partial charge is 0.199 e. The van der Waals surface area contributed by atoms with Crippen molar-refractivity contribution in [3.8, 4) is 0 Å². The van der Waals surface area contributed by atoms with Crippen LogP contribution in [0.15, 0.2) is 24.5 Å². The molecular weight excluding hydrogens is 100 g/mol. The van der Waals surface area contributed by atoms with Gasteiger partial charge in [0, 0.05) is 12.1 Å². The van der Waals surface area contributed by atoms with Crippen LogP contribution in [0, 0.1) is 6.92 Å². The summed E-state index contributed by atoms with van der Waals surface area (Å²) in [4.78, 5) is 0. The molecule has 2 nitrogen and oxygen atoms in total. The molecule has 0 amide bonds. The van der Waals surface area contributed by atoms with Gasteiger partial charge in [-0.25, -0.2) is 5.84 Å². The third-order valence-electron chi connectivity index (χ3n) is 1.02. The van der Waals surface area contributed by atoms with Gasteiger partial charge in [-0.05, 0) is 12.5 Å². The monoisotopic (exact) mass is 109 g/mol. The van der Waals surface area contributed by atoms with Gasteiger partial charge in [0.25, 0.3) is 0 Å². The highest BCUT2D eigenvalue weighted by molar-refractivity contribution is 5.02. The Morgan fingerprint density at radius 1 is 1.38 bits per heavy atom. The number of aryl methyl sites for hydroxylation is 1. The average Bonchev–Trinajstić information content (AvgIpc) is 1.77. The quantitative estimate of drug-likeness (QED) is 0.369. The first-order valence-electron chi connectivity index (χ1n) is 2.52. The van der Waals surface area contributed by atoms with Crippen molar-refractivity contribution in [2.75, 3.05) is 5.84 Å². The van der Waals surface area contributed by atoms with Crippen molar-refractivity contribution in [1.29, 1.82) is 0 Å². The summed E-state index contributed by atoms with van der Waals surface area (Å²) in [5.74, 6) is 5.34. The number of nitrogens with zero attached hydrogens (tertiary/aromatic N) is 1. The van der Waals surface area contributed by atoms with E-state index >= 15 is 0 Å². The van der Waals surface area contributed by atoms with Gasteiger partial charge in [-0.3, -0.25) is 0 Å². The molecule has 0 fully saturated rings. The molecule has 1 heterocycles. The van der Waals surface area contributed by atoms with Gasteiger partial charge in [0.1, 0.15) is 0 Å². The van der Waals surface area contributed by atoms with Gasteiger partial charge in [-0.15, -0.1) is 0 Å². The van der Waals surface area contributed by atoms with Crippen molar-refractivity contribution in [1.82, 2.24) is 0 Å². The molecule has 0 spiro atoms. The largest absolute Gasteiger partial charge is 0.205 e. The third kappa shape index (κ3) is 0.964. The summed E-state index contributed by atoms with van der Waals surface area (Å²) in [6, 6.07) is 3.92. The molecule has 2 heteroatoms.